The fraction of sp³-hybridized carbons (Fsp3) is 0.647. The minimum Gasteiger partial charge on any atom is -0.314 e. The minimum atomic E-state index is 0.779. The van der Waals surface area contributed by atoms with Crippen molar-refractivity contribution in [3.05, 3.63) is 34.9 Å². The second kappa shape index (κ2) is 6.38. The lowest BCUT2D eigenvalue weighted by atomic mass is 9.95. The van der Waals surface area contributed by atoms with E-state index in [-0.39, 0.29) is 0 Å². The van der Waals surface area contributed by atoms with E-state index in [4.69, 9.17) is 0 Å². The first-order chi connectivity index (χ1) is 8.67. The van der Waals surface area contributed by atoms with Gasteiger partial charge in [-0.3, -0.25) is 0 Å². The van der Waals surface area contributed by atoms with E-state index in [1.165, 1.54) is 55.3 Å². The third kappa shape index (κ3) is 3.84. The van der Waals surface area contributed by atoms with Crippen molar-refractivity contribution < 1.29 is 0 Å². The Kier molecular flexibility index (Phi) is 4.82. The molecule has 0 aromatic heterocycles. The van der Waals surface area contributed by atoms with E-state index in [9.17, 15) is 0 Å². The molecule has 100 valence electrons. The topological polar surface area (TPSA) is 12.0 Å². The average molecular weight is 245 g/mol. The molecule has 0 amide bonds. The van der Waals surface area contributed by atoms with Crippen molar-refractivity contribution in [3.63, 3.8) is 0 Å². The Bertz CT molecular complexity index is 363. The van der Waals surface area contributed by atoms with E-state index in [0.717, 1.165) is 12.0 Å². The molecule has 2 atom stereocenters. The summed E-state index contributed by atoms with van der Waals surface area (Å²) >= 11 is 0. The highest BCUT2D eigenvalue weighted by Crippen LogP contribution is 2.29. The van der Waals surface area contributed by atoms with Crippen LogP contribution in [0.2, 0.25) is 0 Å². The highest BCUT2D eigenvalue weighted by Gasteiger charge is 2.24. The largest absolute Gasteiger partial charge is 0.314 e. The van der Waals surface area contributed by atoms with Gasteiger partial charge in [0.25, 0.3) is 0 Å². The molecule has 0 radical (unpaired) electrons. The van der Waals surface area contributed by atoms with Crippen LogP contribution in [0.3, 0.4) is 0 Å². The van der Waals surface area contributed by atoms with Crippen molar-refractivity contribution in [3.8, 4) is 0 Å². The number of aryl methyl sites for hydroxylation is 2. The van der Waals surface area contributed by atoms with Crippen LogP contribution in [0.1, 0.15) is 49.3 Å². The van der Waals surface area contributed by atoms with Gasteiger partial charge in [-0.1, -0.05) is 36.2 Å². The monoisotopic (exact) mass is 245 g/mol. The van der Waals surface area contributed by atoms with Crippen molar-refractivity contribution in [2.75, 3.05) is 6.54 Å². The Hall–Kier alpha value is -0.820. The van der Waals surface area contributed by atoms with E-state index in [1.54, 1.807) is 0 Å². The van der Waals surface area contributed by atoms with Crippen LogP contribution in [0.15, 0.2) is 18.2 Å². The summed E-state index contributed by atoms with van der Waals surface area (Å²) in [4.78, 5) is 0. The molecule has 0 saturated heterocycles. The van der Waals surface area contributed by atoms with Gasteiger partial charge in [-0.25, -0.2) is 0 Å². The molecule has 0 bridgehead atoms. The van der Waals surface area contributed by atoms with E-state index in [2.05, 4.69) is 44.3 Å². The van der Waals surface area contributed by atoms with E-state index < -0.39 is 0 Å². The highest BCUT2D eigenvalue weighted by molar-refractivity contribution is 5.28. The van der Waals surface area contributed by atoms with Crippen LogP contribution in [-0.4, -0.2) is 12.6 Å². The standard InChI is InChI=1S/C17H27N/c1-4-7-18-17-6-5-15(12-17)11-16-9-13(2)8-14(3)10-16/h8-10,15,17-18H,4-7,11-12H2,1-3H3. The van der Waals surface area contributed by atoms with Gasteiger partial charge in [0, 0.05) is 6.04 Å². The molecule has 0 aliphatic heterocycles. The SMILES string of the molecule is CCCNC1CCC(Cc2cc(C)cc(C)c2)C1. The minimum absolute atomic E-state index is 0.779. The van der Waals surface area contributed by atoms with Crippen molar-refractivity contribution in [1.82, 2.24) is 5.32 Å². The maximum Gasteiger partial charge on any atom is 0.00699 e. The van der Waals surface area contributed by atoms with Crippen molar-refractivity contribution >= 4 is 0 Å². The van der Waals surface area contributed by atoms with Gasteiger partial charge in [0.2, 0.25) is 0 Å². The Labute approximate surface area is 112 Å². The van der Waals surface area contributed by atoms with E-state index in [1.807, 2.05) is 0 Å². The number of nitrogens with one attached hydrogen (secondary N) is 1. The molecular weight excluding hydrogens is 218 g/mol. The van der Waals surface area contributed by atoms with Gasteiger partial charge in [-0.2, -0.15) is 0 Å². The van der Waals surface area contributed by atoms with Crippen LogP contribution in [0, 0.1) is 19.8 Å². The molecule has 1 fully saturated rings. The van der Waals surface area contributed by atoms with Crippen LogP contribution in [0.4, 0.5) is 0 Å². The Morgan fingerprint density at radius 3 is 2.50 bits per heavy atom. The molecule has 1 aliphatic carbocycles. The van der Waals surface area contributed by atoms with Crippen molar-refractivity contribution in [2.45, 2.75) is 58.9 Å². The molecule has 1 aromatic rings. The predicted octanol–water partition coefficient (Wildman–Crippen LogP) is 4.01. The molecule has 2 rings (SSSR count). The van der Waals surface area contributed by atoms with Gasteiger partial charge in [-0.15, -0.1) is 0 Å². The molecule has 1 N–H and O–H groups in total. The van der Waals surface area contributed by atoms with Gasteiger partial charge < -0.3 is 5.32 Å². The lowest BCUT2D eigenvalue weighted by Gasteiger charge is -2.13. The van der Waals surface area contributed by atoms with Gasteiger partial charge in [-0.05, 0) is 64.0 Å². The lowest BCUT2D eigenvalue weighted by molar-refractivity contribution is 0.484. The molecule has 1 saturated carbocycles. The second-order valence-electron chi connectivity index (χ2n) is 6.03. The average Bonchev–Trinajstić information content (AvgIpc) is 2.72. The van der Waals surface area contributed by atoms with Crippen LogP contribution < -0.4 is 5.32 Å². The van der Waals surface area contributed by atoms with E-state index >= 15 is 0 Å². The molecule has 1 aliphatic rings. The number of hydrogen-bond acceptors (Lipinski definition) is 1. The summed E-state index contributed by atoms with van der Waals surface area (Å²) in [6, 6.07) is 7.77. The molecule has 18 heavy (non-hydrogen) atoms. The molecule has 0 heterocycles. The van der Waals surface area contributed by atoms with E-state index in [0.29, 0.717) is 0 Å². The maximum atomic E-state index is 3.67. The highest BCUT2D eigenvalue weighted by atomic mass is 14.9. The Balaban J connectivity index is 1.87. The van der Waals surface area contributed by atoms with Crippen molar-refractivity contribution in [1.29, 1.82) is 0 Å². The normalized spacial score (nSPS) is 23.5. The zero-order valence-corrected chi connectivity index (χ0v) is 12.1. The number of benzene rings is 1. The van der Waals surface area contributed by atoms with Crippen molar-refractivity contribution in [2.24, 2.45) is 5.92 Å². The summed E-state index contributed by atoms with van der Waals surface area (Å²) in [5.41, 5.74) is 4.35. The zero-order valence-electron chi connectivity index (χ0n) is 12.1. The lowest BCUT2D eigenvalue weighted by Crippen LogP contribution is -2.27. The van der Waals surface area contributed by atoms with Gasteiger partial charge in [0.1, 0.15) is 0 Å². The molecule has 0 spiro atoms. The maximum absolute atomic E-state index is 3.67. The first kappa shape index (κ1) is 13.6. The fourth-order valence-corrected chi connectivity index (χ4v) is 3.31. The Morgan fingerprint density at radius 1 is 1.11 bits per heavy atom. The van der Waals surface area contributed by atoms with Crippen LogP contribution >= 0.6 is 0 Å². The number of rotatable bonds is 5. The summed E-state index contributed by atoms with van der Waals surface area (Å²) in [6.45, 7) is 7.84. The summed E-state index contributed by atoms with van der Waals surface area (Å²) in [7, 11) is 0. The smallest absolute Gasteiger partial charge is 0.00699 e. The van der Waals surface area contributed by atoms with Crippen LogP contribution in [-0.2, 0) is 6.42 Å². The summed E-state index contributed by atoms with van der Waals surface area (Å²) in [5, 5.41) is 3.67. The van der Waals surface area contributed by atoms with Gasteiger partial charge >= 0.3 is 0 Å². The quantitative estimate of drug-likeness (QED) is 0.826. The second-order valence-corrected chi connectivity index (χ2v) is 6.03. The first-order valence-corrected chi connectivity index (χ1v) is 7.48. The molecule has 1 aromatic carbocycles. The molecule has 2 unspecified atom stereocenters. The molecule has 1 heteroatoms. The molecule has 1 nitrogen and oxygen atoms in total. The predicted molar refractivity (Wildman–Crippen MR) is 79.0 cm³/mol. The number of hydrogen-bond donors (Lipinski definition) is 1. The summed E-state index contributed by atoms with van der Waals surface area (Å²) < 4.78 is 0. The van der Waals surface area contributed by atoms with Crippen LogP contribution in [0.5, 0.6) is 0 Å². The summed E-state index contributed by atoms with van der Waals surface area (Å²) in [5.74, 6) is 0.889. The summed E-state index contributed by atoms with van der Waals surface area (Å²) in [6.07, 6.45) is 6.65. The third-order valence-electron chi connectivity index (χ3n) is 4.03. The van der Waals surface area contributed by atoms with Gasteiger partial charge in [0.15, 0.2) is 0 Å². The van der Waals surface area contributed by atoms with Gasteiger partial charge in [0.05, 0.1) is 0 Å². The zero-order chi connectivity index (χ0) is 13.0. The van der Waals surface area contributed by atoms with Crippen LogP contribution in [0.25, 0.3) is 0 Å². The Morgan fingerprint density at radius 2 is 1.83 bits per heavy atom. The molecular formula is C17H27N. The third-order valence-corrected chi connectivity index (χ3v) is 4.03. The fourth-order valence-electron chi connectivity index (χ4n) is 3.31. The first-order valence-electron chi connectivity index (χ1n) is 7.48.